The Kier molecular flexibility index (Phi) is 4.31. The van der Waals surface area contributed by atoms with Crippen LogP contribution in [0.25, 0.3) is 0 Å². The third-order valence-corrected chi connectivity index (χ3v) is 4.21. The second-order valence-corrected chi connectivity index (χ2v) is 6.52. The van der Waals surface area contributed by atoms with Gasteiger partial charge in [-0.3, -0.25) is 0 Å². The number of methoxy groups -OCH3 is 1. The average Bonchev–Trinajstić information content (AvgIpc) is 2.46. The van der Waals surface area contributed by atoms with Gasteiger partial charge >= 0.3 is 5.97 Å². The van der Waals surface area contributed by atoms with Gasteiger partial charge in [-0.1, -0.05) is 20.8 Å². The zero-order chi connectivity index (χ0) is 14.8. The van der Waals surface area contributed by atoms with Crippen LogP contribution in [0.4, 0.5) is 5.82 Å². The van der Waals surface area contributed by atoms with Crippen LogP contribution in [0.5, 0.6) is 0 Å². The molecule has 1 aliphatic rings. The first-order valence-corrected chi connectivity index (χ1v) is 7.21. The van der Waals surface area contributed by atoms with E-state index in [9.17, 15) is 4.79 Å². The van der Waals surface area contributed by atoms with E-state index in [4.69, 9.17) is 4.74 Å². The average molecular weight is 276 g/mol. The smallest absolute Gasteiger partial charge is 0.338 e. The molecule has 1 aliphatic heterocycles. The molecule has 0 bridgehead atoms. The normalized spacial score (nSPS) is 17.1. The fraction of sp³-hybridized carbons (Fsp3) is 0.625. The fourth-order valence-electron chi connectivity index (χ4n) is 2.81. The third-order valence-electron chi connectivity index (χ3n) is 4.21. The van der Waals surface area contributed by atoms with E-state index in [0.29, 0.717) is 11.0 Å². The minimum absolute atomic E-state index is 0.307. The van der Waals surface area contributed by atoms with Gasteiger partial charge in [0.1, 0.15) is 5.82 Å². The maximum atomic E-state index is 11.6. The van der Waals surface area contributed by atoms with E-state index in [1.165, 1.54) is 20.0 Å². The van der Waals surface area contributed by atoms with Crippen molar-refractivity contribution in [3.8, 4) is 0 Å². The molecule has 20 heavy (non-hydrogen) atoms. The van der Waals surface area contributed by atoms with E-state index in [1.54, 1.807) is 12.3 Å². The van der Waals surface area contributed by atoms with Crippen molar-refractivity contribution in [1.29, 1.82) is 0 Å². The molecule has 0 saturated carbocycles. The number of aromatic nitrogens is 1. The largest absolute Gasteiger partial charge is 0.465 e. The Morgan fingerprint density at radius 2 is 2.00 bits per heavy atom. The van der Waals surface area contributed by atoms with Gasteiger partial charge in [-0.15, -0.1) is 0 Å². The molecular weight excluding hydrogens is 252 g/mol. The zero-order valence-electron chi connectivity index (χ0n) is 12.8. The van der Waals surface area contributed by atoms with E-state index in [0.717, 1.165) is 24.8 Å². The van der Waals surface area contributed by atoms with E-state index in [1.807, 2.05) is 6.07 Å². The molecule has 1 saturated heterocycles. The molecule has 0 N–H and O–H groups in total. The Bertz CT molecular complexity index is 472. The minimum Gasteiger partial charge on any atom is -0.465 e. The molecule has 4 nitrogen and oxygen atoms in total. The Balaban J connectivity index is 2.05. The molecule has 1 aromatic rings. The van der Waals surface area contributed by atoms with Gasteiger partial charge in [0.05, 0.1) is 12.7 Å². The second-order valence-electron chi connectivity index (χ2n) is 6.52. The molecule has 2 rings (SSSR count). The summed E-state index contributed by atoms with van der Waals surface area (Å²) < 4.78 is 4.76. The number of ether oxygens (including phenoxy) is 1. The first-order valence-electron chi connectivity index (χ1n) is 7.21. The third kappa shape index (κ3) is 3.30. The SMILES string of the molecule is COC(=O)c1ccnc(N2CCC(C(C)(C)C)CC2)c1. The molecule has 0 amide bonds. The standard InChI is InChI=1S/C16H24N2O2/c1-16(2,3)13-6-9-18(10-7-13)14-11-12(5-8-17-14)15(19)20-4/h5,8,11,13H,6-7,9-10H2,1-4H3. The van der Waals surface area contributed by atoms with Crippen molar-refractivity contribution in [2.45, 2.75) is 33.6 Å². The van der Waals surface area contributed by atoms with Gasteiger partial charge < -0.3 is 9.64 Å². The van der Waals surface area contributed by atoms with Crippen molar-refractivity contribution in [2.75, 3.05) is 25.1 Å². The van der Waals surface area contributed by atoms with Crippen molar-refractivity contribution in [2.24, 2.45) is 11.3 Å². The highest BCUT2D eigenvalue weighted by molar-refractivity contribution is 5.90. The molecule has 1 aromatic heterocycles. The molecule has 2 heterocycles. The number of pyridine rings is 1. The maximum Gasteiger partial charge on any atom is 0.338 e. The Morgan fingerprint density at radius 1 is 1.35 bits per heavy atom. The zero-order valence-corrected chi connectivity index (χ0v) is 12.8. The van der Waals surface area contributed by atoms with Gasteiger partial charge in [0.25, 0.3) is 0 Å². The summed E-state index contributed by atoms with van der Waals surface area (Å²) in [4.78, 5) is 18.2. The summed E-state index contributed by atoms with van der Waals surface area (Å²) in [6.45, 7) is 8.93. The maximum absolute atomic E-state index is 11.6. The Morgan fingerprint density at radius 3 is 2.55 bits per heavy atom. The van der Waals surface area contributed by atoms with Crippen LogP contribution in [0.3, 0.4) is 0 Å². The predicted molar refractivity (Wildman–Crippen MR) is 80.0 cm³/mol. The summed E-state index contributed by atoms with van der Waals surface area (Å²) in [6, 6.07) is 3.51. The number of rotatable bonds is 2. The topological polar surface area (TPSA) is 42.4 Å². The van der Waals surface area contributed by atoms with Crippen LogP contribution in [-0.4, -0.2) is 31.2 Å². The highest BCUT2D eigenvalue weighted by atomic mass is 16.5. The number of hydrogen-bond donors (Lipinski definition) is 0. The lowest BCUT2D eigenvalue weighted by Gasteiger charge is -2.39. The van der Waals surface area contributed by atoms with E-state index < -0.39 is 0 Å². The van der Waals surface area contributed by atoms with Gasteiger partial charge in [-0.05, 0) is 36.3 Å². The summed E-state index contributed by atoms with van der Waals surface area (Å²) in [5, 5.41) is 0. The van der Waals surface area contributed by atoms with E-state index >= 15 is 0 Å². The predicted octanol–water partition coefficient (Wildman–Crippen LogP) is 3.13. The summed E-state index contributed by atoms with van der Waals surface area (Å²) in [5.74, 6) is 1.32. The number of piperidine rings is 1. The van der Waals surface area contributed by atoms with Gasteiger partial charge in [-0.2, -0.15) is 0 Å². The molecule has 110 valence electrons. The lowest BCUT2D eigenvalue weighted by atomic mass is 9.75. The van der Waals surface area contributed by atoms with Crippen molar-refractivity contribution >= 4 is 11.8 Å². The van der Waals surface area contributed by atoms with Crippen molar-refractivity contribution in [3.05, 3.63) is 23.9 Å². The van der Waals surface area contributed by atoms with Gasteiger partial charge in [-0.25, -0.2) is 9.78 Å². The lowest BCUT2D eigenvalue weighted by Crippen LogP contribution is -2.38. The number of anilines is 1. The van der Waals surface area contributed by atoms with Crippen LogP contribution in [0, 0.1) is 11.3 Å². The quantitative estimate of drug-likeness (QED) is 0.778. The van der Waals surface area contributed by atoms with Crippen LogP contribution < -0.4 is 4.90 Å². The molecule has 0 aliphatic carbocycles. The monoisotopic (exact) mass is 276 g/mol. The first kappa shape index (κ1) is 14.8. The molecule has 1 fully saturated rings. The van der Waals surface area contributed by atoms with Crippen molar-refractivity contribution in [1.82, 2.24) is 4.98 Å². The van der Waals surface area contributed by atoms with E-state index in [2.05, 4.69) is 30.7 Å². The van der Waals surface area contributed by atoms with Gasteiger partial charge in [0.15, 0.2) is 0 Å². The Labute approximate surface area is 121 Å². The molecular formula is C16H24N2O2. The molecule has 0 atom stereocenters. The molecule has 0 unspecified atom stereocenters. The number of nitrogens with zero attached hydrogens (tertiary/aromatic N) is 2. The number of hydrogen-bond acceptors (Lipinski definition) is 4. The van der Waals surface area contributed by atoms with Crippen LogP contribution in [0.15, 0.2) is 18.3 Å². The summed E-state index contributed by atoms with van der Waals surface area (Å²) in [7, 11) is 1.40. The fourth-order valence-corrected chi connectivity index (χ4v) is 2.81. The highest BCUT2D eigenvalue weighted by Crippen LogP contribution is 2.35. The van der Waals surface area contributed by atoms with Crippen LogP contribution in [-0.2, 0) is 4.74 Å². The highest BCUT2D eigenvalue weighted by Gasteiger charge is 2.29. The minimum atomic E-state index is -0.307. The first-order chi connectivity index (χ1) is 9.41. The van der Waals surface area contributed by atoms with Gasteiger partial charge in [0.2, 0.25) is 0 Å². The van der Waals surface area contributed by atoms with Gasteiger partial charge in [0, 0.05) is 19.3 Å². The molecule has 0 radical (unpaired) electrons. The number of carbonyl (C=O) groups excluding carboxylic acids is 1. The van der Waals surface area contributed by atoms with Crippen LogP contribution in [0.2, 0.25) is 0 Å². The molecule has 0 spiro atoms. The summed E-state index contributed by atoms with van der Waals surface area (Å²) >= 11 is 0. The molecule has 0 aromatic carbocycles. The summed E-state index contributed by atoms with van der Waals surface area (Å²) in [5.41, 5.74) is 0.934. The Hall–Kier alpha value is -1.58. The van der Waals surface area contributed by atoms with Crippen molar-refractivity contribution < 1.29 is 9.53 Å². The van der Waals surface area contributed by atoms with Crippen LogP contribution in [0.1, 0.15) is 44.0 Å². The summed E-state index contributed by atoms with van der Waals surface area (Å²) in [6.07, 6.45) is 4.03. The number of carbonyl (C=O) groups is 1. The lowest BCUT2D eigenvalue weighted by molar-refractivity contribution is 0.0600. The second kappa shape index (κ2) is 5.81. The van der Waals surface area contributed by atoms with Crippen LogP contribution >= 0.6 is 0 Å². The van der Waals surface area contributed by atoms with Crippen molar-refractivity contribution in [3.63, 3.8) is 0 Å². The number of esters is 1. The van der Waals surface area contributed by atoms with E-state index in [-0.39, 0.29) is 5.97 Å². The molecule has 4 heteroatoms.